The number of fused-ring (bicyclic) bond motifs is 1. The van der Waals surface area contributed by atoms with Crippen LogP contribution < -0.4 is 5.32 Å². The van der Waals surface area contributed by atoms with Crippen LogP contribution in [0.1, 0.15) is 42.0 Å². The SMILES string of the molecule is CN1CCN(Cc2ccc(NC(=O)C3C=NC(C(F)F)=C(C#Cc4cnc5cccnn45)C3)cc2C2CC2)CC1. The zero-order chi connectivity index (χ0) is 27.6. The molecule has 6 rings (SSSR count). The maximum Gasteiger partial charge on any atom is 0.281 e. The molecule has 2 fully saturated rings. The third-order valence-corrected chi connectivity index (χ3v) is 7.71. The van der Waals surface area contributed by atoms with E-state index in [0.717, 1.165) is 51.3 Å². The summed E-state index contributed by atoms with van der Waals surface area (Å²) in [5.41, 5.74) is 4.14. The van der Waals surface area contributed by atoms with Gasteiger partial charge < -0.3 is 10.2 Å². The Morgan fingerprint density at radius 3 is 2.75 bits per heavy atom. The summed E-state index contributed by atoms with van der Waals surface area (Å²) in [6, 6.07) is 9.67. The van der Waals surface area contributed by atoms with E-state index in [9.17, 15) is 13.6 Å². The average molecular weight is 544 g/mol. The van der Waals surface area contributed by atoms with Crippen molar-refractivity contribution in [2.45, 2.75) is 38.2 Å². The lowest BCUT2D eigenvalue weighted by molar-refractivity contribution is -0.117. The number of nitrogens with one attached hydrogen (secondary N) is 1. The Morgan fingerprint density at radius 1 is 1.15 bits per heavy atom. The molecule has 2 aliphatic heterocycles. The van der Waals surface area contributed by atoms with Crippen molar-refractivity contribution in [1.82, 2.24) is 24.4 Å². The number of aromatic nitrogens is 3. The first-order chi connectivity index (χ1) is 19.4. The number of alkyl halides is 2. The van der Waals surface area contributed by atoms with E-state index in [1.54, 1.807) is 24.5 Å². The average Bonchev–Trinajstić information content (AvgIpc) is 3.73. The number of nitrogens with zero attached hydrogens (tertiary/aromatic N) is 6. The molecule has 1 amide bonds. The molecule has 3 aliphatic rings. The van der Waals surface area contributed by atoms with E-state index >= 15 is 0 Å². The van der Waals surface area contributed by atoms with Crippen LogP contribution in [0.3, 0.4) is 0 Å². The number of amides is 1. The quantitative estimate of drug-likeness (QED) is 0.477. The molecule has 4 heterocycles. The molecule has 1 aromatic carbocycles. The number of rotatable bonds is 6. The Bertz CT molecular complexity index is 1540. The molecule has 0 bridgehead atoms. The van der Waals surface area contributed by atoms with Crippen LogP contribution in [-0.2, 0) is 11.3 Å². The Kier molecular flexibility index (Phi) is 7.41. The summed E-state index contributed by atoms with van der Waals surface area (Å²) in [6.45, 7) is 5.15. The number of imidazole rings is 1. The second-order valence-corrected chi connectivity index (χ2v) is 10.7. The fraction of sp³-hybridized carbons (Fsp3) is 0.400. The number of hydrogen-bond acceptors (Lipinski definition) is 6. The molecule has 1 atom stereocenters. The summed E-state index contributed by atoms with van der Waals surface area (Å²) in [5, 5.41) is 7.20. The minimum absolute atomic E-state index is 0.0448. The van der Waals surface area contributed by atoms with E-state index in [2.05, 4.69) is 61.2 Å². The molecule has 206 valence electrons. The van der Waals surface area contributed by atoms with Crippen molar-refractivity contribution in [3.63, 3.8) is 0 Å². The molecule has 10 heteroatoms. The Morgan fingerprint density at radius 2 is 1.98 bits per heavy atom. The van der Waals surface area contributed by atoms with Gasteiger partial charge in [0.25, 0.3) is 6.43 Å². The van der Waals surface area contributed by atoms with Gasteiger partial charge in [-0.05, 0) is 73.5 Å². The van der Waals surface area contributed by atoms with Gasteiger partial charge in [0.05, 0.1) is 12.1 Å². The third-order valence-electron chi connectivity index (χ3n) is 7.71. The van der Waals surface area contributed by atoms with Crippen molar-refractivity contribution in [3.05, 3.63) is 70.8 Å². The van der Waals surface area contributed by atoms with Crippen molar-refractivity contribution in [1.29, 1.82) is 0 Å². The molecule has 0 spiro atoms. The number of piperazine rings is 1. The van der Waals surface area contributed by atoms with Gasteiger partial charge in [-0.15, -0.1) is 0 Å². The Hall–Kier alpha value is -3.94. The minimum Gasteiger partial charge on any atom is -0.326 e. The molecule has 1 saturated heterocycles. The molecule has 1 N–H and O–H groups in total. The zero-order valence-electron chi connectivity index (χ0n) is 22.4. The molecular weight excluding hydrogens is 512 g/mol. The first kappa shape index (κ1) is 26.3. The van der Waals surface area contributed by atoms with Gasteiger partial charge in [0.15, 0.2) is 5.65 Å². The van der Waals surface area contributed by atoms with Gasteiger partial charge in [0.1, 0.15) is 11.4 Å². The maximum absolute atomic E-state index is 13.7. The minimum atomic E-state index is -2.79. The molecule has 2 aromatic heterocycles. The normalized spacial score (nSPS) is 20.1. The molecule has 0 radical (unpaired) electrons. The van der Waals surface area contributed by atoms with Crippen molar-refractivity contribution in [2.75, 3.05) is 38.5 Å². The van der Waals surface area contributed by atoms with Crippen molar-refractivity contribution in [2.24, 2.45) is 10.9 Å². The maximum atomic E-state index is 13.7. The van der Waals surface area contributed by atoms with Crippen LogP contribution in [0.4, 0.5) is 14.5 Å². The lowest BCUT2D eigenvalue weighted by Gasteiger charge is -2.32. The number of allylic oxidation sites excluding steroid dienone is 2. The van der Waals surface area contributed by atoms with Gasteiger partial charge in [-0.1, -0.05) is 12.0 Å². The Balaban J connectivity index is 1.16. The molecule has 1 saturated carbocycles. The molecule has 1 aliphatic carbocycles. The van der Waals surface area contributed by atoms with Crippen LogP contribution in [0.5, 0.6) is 0 Å². The summed E-state index contributed by atoms with van der Waals surface area (Å²) in [4.78, 5) is 26.2. The summed E-state index contributed by atoms with van der Waals surface area (Å²) >= 11 is 0. The van der Waals surface area contributed by atoms with Crippen LogP contribution in [0.15, 0.2) is 59.0 Å². The van der Waals surface area contributed by atoms with Gasteiger partial charge in [-0.2, -0.15) is 5.10 Å². The highest BCUT2D eigenvalue weighted by Gasteiger charge is 2.29. The first-order valence-electron chi connectivity index (χ1n) is 13.7. The number of carbonyl (C=O) groups is 1. The topological polar surface area (TPSA) is 78.1 Å². The van der Waals surface area contributed by atoms with E-state index in [1.165, 1.54) is 21.9 Å². The number of hydrogen-bond donors (Lipinski definition) is 1. The summed E-state index contributed by atoms with van der Waals surface area (Å²) in [7, 11) is 2.15. The fourth-order valence-electron chi connectivity index (χ4n) is 5.22. The fourth-order valence-corrected chi connectivity index (χ4v) is 5.22. The van der Waals surface area contributed by atoms with Gasteiger partial charge in [-0.25, -0.2) is 18.3 Å². The first-order valence-corrected chi connectivity index (χ1v) is 13.7. The monoisotopic (exact) mass is 543 g/mol. The zero-order valence-corrected chi connectivity index (χ0v) is 22.4. The standard InChI is InChI=1S/C30H31F2N7O/c1-37-11-13-38(14-12-37)19-22-6-8-24(16-26(22)20-4-5-20)36-30(40)23-15-21(28(29(31)32)34-17-23)7-9-25-18-33-27-3-2-10-35-39(25)27/h2-3,6,8,10,16-18,20,23,29H,4-5,11-15,19H2,1H3,(H,36,40). The van der Waals surface area contributed by atoms with Crippen LogP contribution in [0.25, 0.3) is 5.65 Å². The second-order valence-electron chi connectivity index (χ2n) is 10.7. The van der Waals surface area contributed by atoms with Crippen LogP contribution in [-0.4, -0.2) is 76.2 Å². The lowest BCUT2D eigenvalue weighted by atomic mass is 9.95. The number of carbonyl (C=O) groups excluding carboxylic acids is 1. The number of benzene rings is 1. The molecular formula is C30H31F2N7O. The summed E-state index contributed by atoms with van der Waals surface area (Å²) < 4.78 is 29.0. The number of aliphatic imine (C=N–C) groups is 1. The van der Waals surface area contributed by atoms with E-state index in [-0.39, 0.29) is 17.9 Å². The number of halogens is 2. The van der Waals surface area contributed by atoms with E-state index in [1.807, 2.05) is 6.07 Å². The molecule has 40 heavy (non-hydrogen) atoms. The number of anilines is 1. The van der Waals surface area contributed by atoms with Gasteiger partial charge in [0.2, 0.25) is 5.91 Å². The smallest absolute Gasteiger partial charge is 0.281 e. The predicted molar refractivity (Wildman–Crippen MR) is 149 cm³/mol. The van der Waals surface area contributed by atoms with Crippen LogP contribution >= 0.6 is 0 Å². The van der Waals surface area contributed by atoms with Crippen molar-refractivity contribution in [3.8, 4) is 11.8 Å². The van der Waals surface area contributed by atoms with Gasteiger partial charge in [0, 0.05) is 56.4 Å². The van der Waals surface area contributed by atoms with E-state index < -0.39 is 18.0 Å². The molecule has 8 nitrogen and oxygen atoms in total. The largest absolute Gasteiger partial charge is 0.326 e. The second kappa shape index (κ2) is 11.3. The summed E-state index contributed by atoms with van der Waals surface area (Å²) in [6.07, 6.45) is 4.02. The molecule has 1 unspecified atom stereocenters. The van der Waals surface area contributed by atoms with Crippen LogP contribution in [0.2, 0.25) is 0 Å². The van der Waals surface area contributed by atoms with Crippen LogP contribution in [0, 0.1) is 17.8 Å². The highest BCUT2D eigenvalue weighted by molar-refractivity contribution is 6.02. The highest BCUT2D eigenvalue weighted by Crippen LogP contribution is 2.43. The van der Waals surface area contributed by atoms with Gasteiger partial charge >= 0.3 is 0 Å². The van der Waals surface area contributed by atoms with Gasteiger partial charge in [-0.3, -0.25) is 14.7 Å². The van der Waals surface area contributed by atoms with Crippen molar-refractivity contribution >= 4 is 23.5 Å². The molecule has 3 aromatic rings. The summed E-state index contributed by atoms with van der Waals surface area (Å²) in [5.74, 6) is 5.24. The Labute approximate surface area is 231 Å². The van der Waals surface area contributed by atoms with Crippen molar-refractivity contribution < 1.29 is 13.6 Å². The highest BCUT2D eigenvalue weighted by atomic mass is 19.3. The predicted octanol–water partition coefficient (Wildman–Crippen LogP) is 3.95. The number of likely N-dealkylation sites (N-methyl/N-ethyl adjacent to an activating group) is 1. The lowest BCUT2D eigenvalue weighted by Crippen LogP contribution is -2.44. The van der Waals surface area contributed by atoms with E-state index in [0.29, 0.717) is 17.3 Å². The van der Waals surface area contributed by atoms with E-state index in [4.69, 9.17) is 0 Å². The third kappa shape index (κ3) is 5.81.